The molecule has 1 rings (SSSR count). The predicted molar refractivity (Wildman–Crippen MR) is 58.9 cm³/mol. The summed E-state index contributed by atoms with van der Waals surface area (Å²) in [4.78, 5) is 0. The van der Waals surface area contributed by atoms with Gasteiger partial charge >= 0.3 is 0 Å². The summed E-state index contributed by atoms with van der Waals surface area (Å²) < 4.78 is 0. The Morgan fingerprint density at radius 1 is 0.667 bits per heavy atom. The van der Waals surface area contributed by atoms with Crippen LogP contribution in [0.15, 0.2) is 45.1 Å². The van der Waals surface area contributed by atoms with Crippen LogP contribution < -0.4 is 0 Å². The molecule has 5 nitrogen and oxygen atoms in total. The highest BCUT2D eigenvalue weighted by Crippen LogP contribution is 2.35. The highest BCUT2D eigenvalue weighted by molar-refractivity contribution is 5.78. The molecule has 1 aliphatic carbocycles. The molecule has 0 aromatic rings. The molecule has 0 spiro atoms. The van der Waals surface area contributed by atoms with E-state index < -0.39 is 0 Å². The summed E-state index contributed by atoms with van der Waals surface area (Å²) in [5.41, 5.74) is 6.01. The lowest BCUT2D eigenvalue weighted by Gasteiger charge is -1.90. The molecular formula is C13N5-. The van der Waals surface area contributed by atoms with E-state index in [9.17, 15) is 0 Å². The number of allylic oxidation sites excluding steroid dienone is 5. The molecule has 5 heteroatoms. The molecule has 0 unspecified atom stereocenters. The third kappa shape index (κ3) is 1.81. The maximum Gasteiger partial charge on any atom is 0.102 e. The minimum atomic E-state index is -0.169. The summed E-state index contributed by atoms with van der Waals surface area (Å²) in [5, 5.41) is 43.9. The van der Waals surface area contributed by atoms with Gasteiger partial charge in [-0.25, -0.2) is 5.87 Å². The average molecular weight is 226 g/mol. The lowest BCUT2D eigenvalue weighted by Crippen LogP contribution is -1.84. The first-order valence-corrected chi connectivity index (χ1v) is 4.37. The van der Waals surface area contributed by atoms with E-state index in [1.165, 1.54) is 0 Å². The summed E-state index contributed by atoms with van der Waals surface area (Å²) in [6.45, 7) is 0. The molecule has 0 radical (unpaired) electrons. The molecule has 0 heterocycles. The average Bonchev–Trinajstić information content (AvgIpc) is 2.70. The highest BCUT2D eigenvalue weighted by atomic mass is 14.4. The first-order valence-electron chi connectivity index (χ1n) is 4.37. The Kier molecular flexibility index (Phi) is 3.66. The molecule has 78 valence electrons. The molecule has 0 saturated heterocycles. The van der Waals surface area contributed by atoms with Gasteiger partial charge in [0.25, 0.3) is 0 Å². The SMILES string of the molecule is N#CC1=C(C#N)C(C#N)=C(C#N)C1=C=C=C=C=[N-]. The Bertz CT molecular complexity index is 764. The zero-order chi connectivity index (χ0) is 13.5. The third-order valence-electron chi connectivity index (χ3n) is 2.00. The summed E-state index contributed by atoms with van der Waals surface area (Å²) >= 11 is 0. The number of nitriles is 4. The molecule has 0 aromatic heterocycles. The summed E-state index contributed by atoms with van der Waals surface area (Å²) in [7, 11) is 0. The minimum Gasteiger partial charge on any atom is -0.755 e. The lowest BCUT2D eigenvalue weighted by molar-refractivity contribution is 1.42. The van der Waals surface area contributed by atoms with Crippen molar-refractivity contribution < 1.29 is 0 Å². The first-order chi connectivity index (χ1) is 8.74. The van der Waals surface area contributed by atoms with E-state index in [2.05, 4.69) is 11.5 Å². The molecule has 0 N–H and O–H groups in total. The fourth-order valence-electron chi connectivity index (χ4n) is 1.32. The molecule has 18 heavy (non-hydrogen) atoms. The molecule has 0 atom stereocenters. The number of hydrogen-bond donors (Lipinski definition) is 0. The van der Waals surface area contributed by atoms with Crippen molar-refractivity contribution in [3.05, 3.63) is 50.5 Å². The van der Waals surface area contributed by atoms with E-state index in [-0.39, 0.29) is 27.9 Å². The van der Waals surface area contributed by atoms with E-state index in [0.717, 1.165) is 0 Å². The van der Waals surface area contributed by atoms with Gasteiger partial charge in [0, 0.05) is 0 Å². The zero-order valence-electron chi connectivity index (χ0n) is 8.74. The van der Waals surface area contributed by atoms with E-state index >= 15 is 0 Å². The Labute approximate surface area is 102 Å². The number of hydrogen-bond acceptors (Lipinski definition) is 4. The van der Waals surface area contributed by atoms with Crippen LogP contribution in [0.5, 0.6) is 0 Å². The van der Waals surface area contributed by atoms with Crippen molar-refractivity contribution in [2.75, 3.05) is 0 Å². The molecular weight excluding hydrogens is 226 g/mol. The van der Waals surface area contributed by atoms with Gasteiger partial charge in [-0.2, -0.15) is 21.0 Å². The van der Waals surface area contributed by atoms with Gasteiger partial charge in [-0.05, 0) is 11.5 Å². The van der Waals surface area contributed by atoms with Crippen LogP contribution in [0.2, 0.25) is 0 Å². The van der Waals surface area contributed by atoms with E-state index in [0.29, 0.717) is 0 Å². The van der Waals surface area contributed by atoms with Crippen LogP contribution in [-0.2, 0) is 0 Å². The van der Waals surface area contributed by atoms with Gasteiger partial charge in [-0.3, -0.25) is 0 Å². The maximum atomic E-state index is 8.94. The van der Waals surface area contributed by atoms with Gasteiger partial charge in [0.1, 0.15) is 24.3 Å². The minimum absolute atomic E-state index is 0.0177. The van der Waals surface area contributed by atoms with E-state index in [1.54, 1.807) is 30.1 Å². The maximum absolute atomic E-state index is 8.94. The molecule has 0 fully saturated rings. The first kappa shape index (κ1) is 12.3. The quantitative estimate of drug-likeness (QED) is 0.457. The second-order valence-corrected chi connectivity index (χ2v) is 2.81. The van der Waals surface area contributed by atoms with Crippen LogP contribution in [0.25, 0.3) is 5.41 Å². The van der Waals surface area contributed by atoms with Crippen LogP contribution in [0.4, 0.5) is 0 Å². The van der Waals surface area contributed by atoms with Gasteiger partial charge in [0.05, 0.1) is 27.9 Å². The summed E-state index contributed by atoms with van der Waals surface area (Å²) in [6.07, 6.45) is 0. The second-order valence-electron chi connectivity index (χ2n) is 2.81. The largest absolute Gasteiger partial charge is 0.755 e. The molecule has 1 aliphatic rings. The highest BCUT2D eigenvalue weighted by Gasteiger charge is 2.29. The summed E-state index contributed by atoms with van der Waals surface area (Å²) in [5.74, 6) is 1.54. The van der Waals surface area contributed by atoms with Crippen molar-refractivity contribution >= 4 is 5.87 Å². The predicted octanol–water partition coefficient (Wildman–Crippen LogP) is 1.32. The van der Waals surface area contributed by atoms with Crippen LogP contribution >= 0.6 is 0 Å². The van der Waals surface area contributed by atoms with Crippen molar-refractivity contribution in [2.45, 2.75) is 0 Å². The van der Waals surface area contributed by atoms with E-state index in [4.69, 9.17) is 26.5 Å². The third-order valence-corrected chi connectivity index (χ3v) is 2.00. The molecule has 0 saturated carbocycles. The standard InChI is InChI=1S/C13N5/c14-4-2-1-3-9-10(5-15)12(7-17)13(8-18)11(9)6-16/q-1. The van der Waals surface area contributed by atoms with E-state index in [1.807, 2.05) is 5.73 Å². The Balaban J connectivity index is 3.93. The van der Waals surface area contributed by atoms with Crippen molar-refractivity contribution in [3.63, 3.8) is 0 Å². The van der Waals surface area contributed by atoms with Crippen molar-refractivity contribution in [1.82, 2.24) is 0 Å². The Morgan fingerprint density at radius 2 is 1.11 bits per heavy atom. The smallest absolute Gasteiger partial charge is 0.102 e. The monoisotopic (exact) mass is 226 g/mol. The van der Waals surface area contributed by atoms with Crippen molar-refractivity contribution in [1.29, 1.82) is 21.0 Å². The molecule has 0 amide bonds. The second kappa shape index (κ2) is 5.35. The van der Waals surface area contributed by atoms with Crippen molar-refractivity contribution in [3.8, 4) is 24.3 Å². The van der Waals surface area contributed by atoms with Crippen LogP contribution in [0.1, 0.15) is 0 Å². The number of nitrogens with zero attached hydrogens (tertiary/aromatic N) is 5. The lowest BCUT2D eigenvalue weighted by atomic mass is 10.1. The molecule has 0 aliphatic heterocycles. The normalized spacial score (nSPS) is 12.1. The topological polar surface area (TPSA) is 117 Å². The van der Waals surface area contributed by atoms with Crippen LogP contribution in [-0.4, -0.2) is 5.87 Å². The fourth-order valence-corrected chi connectivity index (χ4v) is 1.32. The summed E-state index contributed by atoms with van der Waals surface area (Å²) in [6, 6.07) is 6.87. The number of rotatable bonds is 0. The molecule has 0 bridgehead atoms. The fraction of sp³-hybridized carbons (Fsp3) is 0. The molecule has 0 aromatic carbocycles. The van der Waals surface area contributed by atoms with Crippen LogP contribution in [0.3, 0.4) is 0 Å². The van der Waals surface area contributed by atoms with Gasteiger partial charge in [-0.1, -0.05) is 5.73 Å². The van der Waals surface area contributed by atoms with Crippen LogP contribution in [0, 0.1) is 45.3 Å². The Morgan fingerprint density at radius 3 is 1.44 bits per heavy atom. The van der Waals surface area contributed by atoms with Gasteiger partial charge in [0.15, 0.2) is 0 Å². The van der Waals surface area contributed by atoms with Gasteiger partial charge in [-0.15, -0.1) is 0 Å². The van der Waals surface area contributed by atoms with Gasteiger partial charge < -0.3 is 5.41 Å². The Hall–Kier alpha value is -3.77. The van der Waals surface area contributed by atoms with Gasteiger partial charge in [0.2, 0.25) is 0 Å². The van der Waals surface area contributed by atoms with Crippen molar-refractivity contribution in [2.24, 2.45) is 0 Å². The zero-order valence-corrected chi connectivity index (χ0v) is 8.74.